The Morgan fingerprint density at radius 1 is 1.23 bits per heavy atom. The van der Waals surface area contributed by atoms with Crippen LogP contribution >= 0.6 is 0 Å². The average Bonchev–Trinajstić information content (AvgIpc) is 3.27. The van der Waals surface area contributed by atoms with Crippen LogP contribution in [0.1, 0.15) is 36.0 Å². The predicted octanol–water partition coefficient (Wildman–Crippen LogP) is 0.438. The minimum absolute atomic E-state index is 0.0730. The molecule has 2 atom stereocenters. The van der Waals surface area contributed by atoms with E-state index < -0.39 is 0 Å². The maximum absolute atomic E-state index is 12.5. The molecule has 2 amide bonds. The normalized spacial score (nSPS) is 26.5. The fraction of sp³-hybridized carbons (Fsp3) is 0.632. The number of hydrogen-bond acceptors (Lipinski definition) is 4. The van der Waals surface area contributed by atoms with Gasteiger partial charge in [-0.15, -0.1) is 0 Å². The summed E-state index contributed by atoms with van der Waals surface area (Å²) in [5, 5.41) is 3.09. The van der Waals surface area contributed by atoms with Gasteiger partial charge in [0, 0.05) is 51.4 Å². The smallest absolute Gasteiger partial charge is 0.260 e. The summed E-state index contributed by atoms with van der Waals surface area (Å²) in [6.07, 6.45) is 5.62. The fourth-order valence-corrected chi connectivity index (χ4v) is 4.30. The van der Waals surface area contributed by atoms with E-state index in [1.807, 2.05) is 4.90 Å². The van der Waals surface area contributed by atoms with Crippen molar-refractivity contribution in [2.45, 2.75) is 31.7 Å². The van der Waals surface area contributed by atoms with Crippen LogP contribution in [0.4, 0.5) is 0 Å². The molecule has 2 aliphatic heterocycles. The van der Waals surface area contributed by atoms with Gasteiger partial charge in [0.05, 0.1) is 0 Å². The molecule has 4 rings (SSSR count). The highest BCUT2D eigenvalue weighted by Gasteiger charge is 2.43. The van der Waals surface area contributed by atoms with Gasteiger partial charge in [-0.05, 0) is 43.2 Å². The molecular formula is C19H26N4O3. The van der Waals surface area contributed by atoms with Gasteiger partial charge >= 0.3 is 0 Å². The second kappa shape index (κ2) is 7.23. The van der Waals surface area contributed by atoms with Crippen LogP contribution in [0.3, 0.4) is 0 Å². The summed E-state index contributed by atoms with van der Waals surface area (Å²) in [5.41, 5.74) is -0.182. The molecule has 1 aromatic heterocycles. The van der Waals surface area contributed by atoms with E-state index in [1.165, 1.54) is 19.0 Å². The SMILES string of the molecule is O=C(N[C@@H]1CN(CCN2CCCC2=O)C[C@H]1C1CC1)c1ccc[nH]c1=O. The Balaban J connectivity index is 1.37. The Morgan fingerprint density at radius 2 is 2.08 bits per heavy atom. The molecule has 1 saturated carbocycles. The summed E-state index contributed by atoms with van der Waals surface area (Å²) in [4.78, 5) is 43.0. The van der Waals surface area contributed by atoms with Gasteiger partial charge in [0.25, 0.3) is 11.5 Å². The lowest BCUT2D eigenvalue weighted by Crippen LogP contribution is -2.43. The first-order valence-corrected chi connectivity index (χ1v) is 9.60. The first-order valence-electron chi connectivity index (χ1n) is 9.60. The van der Waals surface area contributed by atoms with Crippen molar-refractivity contribution in [3.05, 3.63) is 34.2 Å². The summed E-state index contributed by atoms with van der Waals surface area (Å²) in [6, 6.07) is 3.30. The molecule has 0 bridgehead atoms. The van der Waals surface area contributed by atoms with Crippen LogP contribution in [0.15, 0.2) is 23.1 Å². The Bertz CT molecular complexity index is 742. The van der Waals surface area contributed by atoms with E-state index in [2.05, 4.69) is 15.2 Å². The fourth-order valence-electron chi connectivity index (χ4n) is 4.30. The molecule has 0 radical (unpaired) electrons. The number of carbonyl (C=O) groups is 2. The van der Waals surface area contributed by atoms with Crippen molar-refractivity contribution >= 4 is 11.8 Å². The van der Waals surface area contributed by atoms with E-state index in [-0.39, 0.29) is 29.0 Å². The summed E-state index contributed by atoms with van der Waals surface area (Å²) in [7, 11) is 0. The van der Waals surface area contributed by atoms with Crippen LogP contribution < -0.4 is 10.9 Å². The number of nitrogens with zero attached hydrogens (tertiary/aromatic N) is 2. The lowest BCUT2D eigenvalue weighted by atomic mass is 9.98. The first kappa shape index (κ1) is 17.3. The van der Waals surface area contributed by atoms with Crippen LogP contribution in [0.2, 0.25) is 0 Å². The standard InChI is InChI=1S/C19H26N4O3/c24-17-4-2-8-23(17)10-9-22-11-15(13-5-6-13)16(12-22)21-19(26)14-3-1-7-20-18(14)25/h1,3,7,13,15-16H,2,4-6,8-12H2,(H,20,25)(H,21,26)/t15-,16+/m0/s1. The summed E-state index contributed by atoms with van der Waals surface area (Å²) in [5.74, 6) is 1.08. The van der Waals surface area contributed by atoms with Gasteiger partial charge in [-0.1, -0.05) is 0 Å². The number of H-pyrrole nitrogens is 1. The number of likely N-dealkylation sites (tertiary alicyclic amines) is 2. The van der Waals surface area contributed by atoms with E-state index in [4.69, 9.17) is 0 Å². The van der Waals surface area contributed by atoms with E-state index >= 15 is 0 Å². The zero-order valence-electron chi connectivity index (χ0n) is 14.9. The number of nitrogens with one attached hydrogen (secondary N) is 2. The maximum atomic E-state index is 12.5. The van der Waals surface area contributed by atoms with Gasteiger partial charge in [0.1, 0.15) is 5.56 Å². The lowest BCUT2D eigenvalue weighted by Gasteiger charge is -2.21. The molecule has 3 aliphatic rings. The van der Waals surface area contributed by atoms with Crippen molar-refractivity contribution in [1.29, 1.82) is 0 Å². The molecule has 2 saturated heterocycles. The van der Waals surface area contributed by atoms with Crippen LogP contribution in [-0.2, 0) is 4.79 Å². The van der Waals surface area contributed by atoms with E-state index in [0.717, 1.165) is 39.1 Å². The number of carbonyl (C=O) groups excluding carboxylic acids is 2. The van der Waals surface area contributed by atoms with Gasteiger partial charge in [-0.2, -0.15) is 0 Å². The van der Waals surface area contributed by atoms with Crippen LogP contribution in [0, 0.1) is 11.8 Å². The van der Waals surface area contributed by atoms with Crippen LogP contribution in [-0.4, -0.2) is 65.4 Å². The minimum Gasteiger partial charge on any atom is -0.348 e. The molecule has 1 aliphatic carbocycles. The van der Waals surface area contributed by atoms with Crippen molar-refractivity contribution in [1.82, 2.24) is 20.1 Å². The zero-order chi connectivity index (χ0) is 18.1. The topological polar surface area (TPSA) is 85.5 Å². The third-order valence-electron chi connectivity index (χ3n) is 5.91. The molecule has 0 aromatic carbocycles. The Kier molecular flexibility index (Phi) is 4.80. The second-order valence-electron chi connectivity index (χ2n) is 7.74. The Hall–Kier alpha value is -2.15. The van der Waals surface area contributed by atoms with E-state index in [9.17, 15) is 14.4 Å². The van der Waals surface area contributed by atoms with Gasteiger partial charge in [0.2, 0.25) is 5.91 Å². The molecule has 2 N–H and O–H groups in total. The van der Waals surface area contributed by atoms with Crippen molar-refractivity contribution in [2.75, 3.05) is 32.7 Å². The van der Waals surface area contributed by atoms with E-state index in [0.29, 0.717) is 18.3 Å². The summed E-state index contributed by atoms with van der Waals surface area (Å²) in [6.45, 7) is 4.25. The molecular weight excluding hydrogens is 332 g/mol. The molecule has 0 spiro atoms. The molecule has 140 valence electrons. The Labute approximate surface area is 152 Å². The molecule has 7 nitrogen and oxygen atoms in total. The molecule has 3 fully saturated rings. The first-order chi connectivity index (χ1) is 12.6. The Morgan fingerprint density at radius 3 is 2.77 bits per heavy atom. The number of amides is 2. The third kappa shape index (κ3) is 3.67. The average molecular weight is 358 g/mol. The van der Waals surface area contributed by atoms with Crippen molar-refractivity contribution < 1.29 is 9.59 Å². The van der Waals surface area contributed by atoms with Gasteiger partial charge < -0.3 is 15.2 Å². The number of hydrogen-bond donors (Lipinski definition) is 2. The summed E-state index contributed by atoms with van der Waals surface area (Å²) >= 11 is 0. The molecule has 0 unspecified atom stereocenters. The lowest BCUT2D eigenvalue weighted by molar-refractivity contribution is -0.127. The number of aromatic amines is 1. The van der Waals surface area contributed by atoms with Crippen molar-refractivity contribution in [3.8, 4) is 0 Å². The molecule has 7 heteroatoms. The number of aromatic nitrogens is 1. The van der Waals surface area contributed by atoms with Crippen LogP contribution in [0.5, 0.6) is 0 Å². The van der Waals surface area contributed by atoms with Gasteiger partial charge in [0.15, 0.2) is 0 Å². The monoisotopic (exact) mass is 358 g/mol. The quantitative estimate of drug-likeness (QED) is 0.773. The zero-order valence-corrected chi connectivity index (χ0v) is 14.9. The number of rotatable bonds is 6. The van der Waals surface area contributed by atoms with Gasteiger partial charge in [-0.25, -0.2) is 0 Å². The highest BCUT2D eigenvalue weighted by Crippen LogP contribution is 2.41. The van der Waals surface area contributed by atoms with Crippen molar-refractivity contribution in [3.63, 3.8) is 0 Å². The minimum atomic E-state index is -0.352. The highest BCUT2D eigenvalue weighted by molar-refractivity contribution is 5.94. The van der Waals surface area contributed by atoms with Crippen LogP contribution in [0.25, 0.3) is 0 Å². The number of pyridine rings is 1. The molecule has 26 heavy (non-hydrogen) atoms. The van der Waals surface area contributed by atoms with Crippen molar-refractivity contribution in [2.24, 2.45) is 11.8 Å². The molecule has 3 heterocycles. The highest BCUT2D eigenvalue weighted by atomic mass is 16.2. The summed E-state index contributed by atoms with van der Waals surface area (Å²) < 4.78 is 0. The predicted molar refractivity (Wildman–Crippen MR) is 96.8 cm³/mol. The van der Waals surface area contributed by atoms with E-state index in [1.54, 1.807) is 12.1 Å². The largest absolute Gasteiger partial charge is 0.348 e. The molecule has 1 aromatic rings. The second-order valence-corrected chi connectivity index (χ2v) is 7.74. The third-order valence-corrected chi connectivity index (χ3v) is 5.91. The maximum Gasteiger partial charge on any atom is 0.260 e. The van der Waals surface area contributed by atoms with Gasteiger partial charge in [-0.3, -0.25) is 19.3 Å².